The third-order valence-corrected chi connectivity index (χ3v) is 8.14. The van der Waals surface area contributed by atoms with Gasteiger partial charge in [0.1, 0.15) is 5.75 Å². The molecule has 0 amide bonds. The van der Waals surface area contributed by atoms with Gasteiger partial charge in [0.05, 0.1) is 17.2 Å². The van der Waals surface area contributed by atoms with Crippen LogP contribution in [-0.2, 0) is 19.3 Å². The lowest BCUT2D eigenvalue weighted by Gasteiger charge is -2.29. The molecule has 44 heavy (non-hydrogen) atoms. The Labute approximate surface area is 267 Å². The van der Waals surface area contributed by atoms with Crippen LogP contribution < -0.4 is 10.5 Å². The summed E-state index contributed by atoms with van der Waals surface area (Å²) in [5, 5.41) is 1.82. The van der Waals surface area contributed by atoms with Gasteiger partial charge in [-0.25, -0.2) is 0 Å². The molecule has 5 aromatic rings. The van der Waals surface area contributed by atoms with Gasteiger partial charge in [-0.15, -0.1) is 12.4 Å². The van der Waals surface area contributed by atoms with Gasteiger partial charge in [0.25, 0.3) is 0 Å². The minimum atomic E-state index is -4.52. The number of rotatable bonds is 12. The van der Waals surface area contributed by atoms with Crippen molar-refractivity contribution in [1.82, 2.24) is 4.90 Å². The summed E-state index contributed by atoms with van der Waals surface area (Å²) in [7, 11) is 0. The molecule has 230 valence electrons. The van der Waals surface area contributed by atoms with Crippen LogP contribution >= 0.6 is 24.0 Å². The van der Waals surface area contributed by atoms with Crippen LogP contribution in [0.4, 0.5) is 13.2 Å². The molecule has 0 aliphatic rings. The molecule has 5 rings (SSSR count). The standard InChI is InChI=1S/C36H34ClF3N2O.ClH/c37-35-29(16-8-19-33(35)36(38,39)40)24-42(25-32(26-11-3-1-4-12-26)27-13-5-2-6-14-27)21-10-22-43-34-20-9-17-30-28(23-41)15-7-18-31(30)34;/h1-9,11-20,32H,10,21-25,41H2;1H. The van der Waals surface area contributed by atoms with E-state index in [1.165, 1.54) is 6.07 Å². The van der Waals surface area contributed by atoms with Crippen molar-refractivity contribution in [2.45, 2.75) is 31.6 Å². The number of ether oxygens (including phenoxy) is 1. The Morgan fingerprint density at radius 3 is 1.95 bits per heavy atom. The fourth-order valence-corrected chi connectivity index (χ4v) is 5.84. The van der Waals surface area contributed by atoms with E-state index in [4.69, 9.17) is 22.1 Å². The van der Waals surface area contributed by atoms with Crippen LogP contribution in [0, 0.1) is 0 Å². The van der Waals surface area contributed by atoms with Gasteiger partial charge >= 0.3 is 6.18 Å². The number of benzene rings is 5. The minimum absolute atomic E-state index is 0. The van der Waals surface area contributed by atoms with Gasteiger partial charge in [-0.1, -0.05) is 115 Å². The SMILES string of the molecule is Cl.NCc1cccc2c(OCCCN(Cc3cccc(C(F)(F)F)c3Cl)CC(c3ccccc3)c3ccccc3)cccc12. The first kappa shape index (κ1) is 33.3. The Morgan fingerprint density at radius 1 is 0.727 bits per heavy atom. The number of hydrogen-bond acceptors (Lipinski definition) is 3. The number of fused-ring (bicyclic) bond motifs is 1. The predicted octanol–water partition coefficient (Wildman–Crippen LogP) is 9.50. The molecule has 8 heteroatoms. The normalized spacial score (nSPS) is 11.6. The molecule has 0 saturated carbocycles. The highest BCUT2D eigenvalue weighted by Gasteiger charge is 2.34. The molecule has 0 bridgehead atoms. The van der Waals surface area contributed by atoms with Crippen molar-refractivity contribution in [1.29, 1.82) is 0 Å². The van der Waals surface area contributed by atoms with Gasteiger partial charge in [0, 0.05) is 37.5 Å². The van der Waals surface area contributed by atoms with Gasteiger partial charge in [0.15, 0.2) is 0 Å². The zero-order chi connectivity index (χ0) is 30.2. The second-order valence-corrected chi connectivity index (χ2v) is 10.9. The van der Waals surface area contributed by atoms with Gasteiger partial charge in [0.2, 0.25) is 0 Å². The van der Waals surface area contributed by atoms with Gasteiger partial charge in [-0.2, -0.15) is 13.2 Å². The smallest absolute Gasteiger partial charge is 0.417 e. The quantitative estimate of drug-likeness (QED) is 0.138. The van der Waals surface area contributed by atoms with E-state index in [0.29, 0.717) is 38.2 Å². The summed E-state index contributed by atoms with van der Waals surface area (Å²) >= 11 is 6.35. The van der Waals surface area contributed by atoms with Crippen LogP contribution in [0.2, 0.25) is 5.02 Å². The van der Waals surface area contributed by atoms with Gasteiger partial charge in [-0.3, -0.25) is 4.90 Å². The lowest BCUT2D eigenvalue weighted by Crippen LogP contribution is -2.31. The molecule has 0 saturated heterocycles. The Morgan fingerprint density at radius 2 is 1.32 bits per heavy atom. The van der Waals surface area contributed by atoms with Crippen molar-refractivity contribution in [3.63, 3.8) is 0 Å². The number of halogens is 5. The van der Waals surface area contributed by atoms with E-state index in [-0.39, 0.29) is 29.9 Å². The number of nitrogens with two attached hydrogens (primary N) is 1. The first-order valence-corrected chi connectivity index (χ1v) is 14.7. The topological polar surface area (TPSA) is 38.5 Å². The number of hydrogen-bond donors (Lipinski definition) is 1. The highest BCUT2D eigenvalue weighted by atomic mass is 35.5. The number of alkyl halides is 3. The highest BCUT2D eigenvalue weighted by molar-refractivity contribution is 6.32. The molecule has 0 unspecified atom stereocenters. The largest absolute Gasteiger partial charge is 0.493 e. The monoisotopic (exact) mass is 638 g/mol. The molecule has 0 atom stereocenters. The zero-order valence-corrected chi connectivity index (χ0v) is 25.7. The Balaban J connectivity index is 0.00000442. The van der Waals surface area contributed by atoms with Crippen LogP contribution in [0.3, 0.4) is 0 Å². The summed E-state index contributed by atoms with van der Waals surface area (Å²) in [5.41, 5.74) is 8.89. The lowest BCUT2D eigenvalue weighted by molar-refractivity contribution is -0.137. The average Bonchev–Trinajstić information content (AvgIpc) is 3.02. The maximum Gasteiger partial charge on any atom is 0.417 e. The van der Waals surface area contributed by atoms with E-state index < -0.39 is 11.7 Å². The molecular weight excluding hydrogens is 604 g/mol. The summed E-state index contributed by atoms with van der Waals surface area (Å²) in [4.78, 5) is 2.17. The first-order valence-electron chi connectivity index (χ1n) is 14.4. The molecule has 0 spiro atoms. The van der Waals surface area contributed by atoms with Crippen LogP contribution in [0.1, 0.15) is 40.2 Å². The summed E-state index contributed by atoms with van der Waals surface area (Å²) < 4.78 is 47.2. The summed E-state index contributed by atoms with van der Waals surface area (Å²) in [5.74, 6) is 0.798. The van der Waals surface area contributed by atoms with Gasteiger partial charge < -0.3 is 10.5 Å². The fraction of sp³-hybridized carbons (Fsp3) is 0.222. The van der Waals surface area contributed by atoms with Gasteiger partial charge in [-0.05, 0) is 46.2 Å². The Bertz CT molecular complexity index is 1590. The molecule has 0 radical (unpaired) electrons. The second kappa shape index (κ2) is 15.4. The maximum absolute atomic E-state index is 13.7. The molecule has 0 heterocycles. The summed E-state index contributed by atoms with van der Waals surface area (Å²) in [6.45, 7) is 2.35. The van der Waals surface area contributed by atoms with E-state index in [9.17, 15) is 13.2 Å². The highest BCUT2D eigenvalue weighted by Crippen LogP contribution is 2.37. The van der Waals surface area contributed by atoms with Crippen LogP contribution in [0.5, 0.6) is 5.75 Å². The van der Waals surface area contributed by atoms with Crippen molar-refractivity contribution in [3.05, 3.63) is 148 Å². The number of nitrogens with zero attached hydrogens (tertiary/aromatic N) is 1. The third-order valence-electron chi connectivity index (χ3n) is 7.69. The molecule has 3 nitrogen and oxygen atoms in total. The average molecular weight is 640 g/mol. The molecule has 2 N–H and O–H groups in total. The van der Waals surface area contributed by atoms with Crippen molar-refractivity contribution >= 4 is 34.8 Å². The predicted molar refractivity (Wildman–Crippen MR) is 176 cm³/mol. The van der Waals surface area contributed by atoms with Crippen molar-refractivity contribution in [2.24, 2.45) is 5.73 Å². The van der Waals surface area contributed by atoms with E-state index in [0.717, 1.165) is 39.3 Å². The zero-order valence-electron chi connectivity index (χ0n) is 24.1. The molecule has 0 aromatic heterocycles. The molecule has 5 aromatic carbocycles. The molecule has 0 fully saturated rings. The van der Waals surface area contributed by atoms with Crippen molar-refractivity contribution in [2.75, 3.05) is 19.7 Å². The Kier molecular flexibility index (Phi) is 11.7. The van der Waals surface area contributed by atoms with Crippen molar-refractivity contribution in [3.8, 4) is 5.75 Å². The van der Waals surface area contributed by atoms with E-state index in [1.54, 1.807) is 6.07 Å². The van der Waals surface area contributed by atoms with E-state index in [1.807, 2.05) is 72.8 Å². The first-order chi connectivity index (χ1) is 20.8. The second-order valence-electron chi connectivity index (χ2n) is 10.6. The van der Waals surface area contributed by atoms with Crippen LogP contribution in [0.25, 0.3) is 10.8 Å². The maximum atomic E-state index is 13.7. The summed E-state index contributed by atoms with van der Waals surface area (Å²) in [6, 6.07) is 36.4. The van der Waals surface area contributed by atoms with E-state index in [2.05, 4.69) is 29.2 Å². The Hall–Kier alpha value is -3.55. The van der Waals surface area contributed by atoms with E-state index >= 15 is 0 Å². The molecule has 0 aliphatic heterocycles. The lowest BCUT2D eigenvalue weighted by atomic mass is 9.90. The summed E-state index contributed by atoms with van der Waals surface area (Å²) in [6.07, 6.45) is -3.86. The van der Waals surface area contributed by atoms with Crippen LogP contribution in [-0.4, -0.2) is 24.6 Å². The van der Waals surface area contributed by atoms with Crippen LogP contribution in [0.15, 0.2) is 115 Å². The molecule has 0 aliphatic carbocycles. The fourth-order valence-electron chi connectivity index (χ4n) is 5.55. The van der Waals surface area contributed by atoms with Crippen molar-refractivity contribution < 1.29 is 17.9 Å². The molecular formula is C36H35Cl2F3N2O. The minimum Gasteiger partial charge on any atom is -0.493 e. The third kappa shape index (κ3) is 8.13.